The van der Waals surface area contributed by atoms with E-state index in [4.69, 9.17) is 4.74 Å². The van der Waals surface area contributed by atoms with Crippen LogP contribution >= 0.6 is 15.9 Å². The Balaban J connectivity index is 2.07. The number of hydrogen-bond donors (Lipinski definition) is 1. The quantitative estimate of drug-likeness (QED) is 0.328. The van der Waals surface area contributed by atoms with Crippen LogP contribution < -0.4 is 10.2 Å². The molecule has 0 fully saturated rings. The average Bonchev–Trinajstić information content (AvgIpc) is 2.74. The van der Waals surface area contributed by atoms with Gasteiger partial charge < -0.3 is 15.0 Å². The van der Waals surface area contributed by atoms with Gasteiger partial charge in [0.1, 0.15) is 6.33 Å². The molecule has 0 saturated heterocycles. The first-order valence-corrected chi connectivity index (χ1v) is 9.14. The van der Waals surface area contributed by atoms with E-state index in [9.17, 15) is 14.9 Å². The van der Waals surface area contributed by atoms with Crippen LogP contribution in [-0.2, 0) is 4.74 Å². The van der Waals surface area contributed by atoms with Crippen molar-refractivity contribution < 1.29 is 14.5 Å². The predicted molar refractivity (Wildman–Crippen MR) is 112 cm³/mol. The van der Waals surface area contributed by atoms with Crippen molar-refractivity contribution in [3.05, 3.63) is 75.0 Å². The first-order valence-electron chi connectivity index (χ1n) is 8.35. The fraction of sp³-hybridized carbons (Fsp3) is 0.105. The maximum atomic E-state index is 12.1. The second-order valence-electron chi connectivity index (χ2n) is 5.85. The molecule has 1 heterocycles. The molecule has 0 aliphatic carbocycles. The molecule has 1 aromatic heterocycles. The van der Waals surface area contributed by atoms with E-state index in [-0.39, 0.29) is 22.9 Å². The summed E-state index contributed by atoms with van der Waals surface area (Å²) in [7, 11) is 2.85. The molecule has 0 atom stereocenters. The molecule has 10 heteroatoms. The van der Waals surface area contributed by atoms with E-state index in [1.54, 1.807) is 55.6 Å². The Labute approximate surface area is 174 Å². The number of hydrogen-bond acceptors (Lipinski definition) is 8. The van der Waals surface area contributed by atoms with Gasteiger partial charge in [0, 0.05) is 17.2 Å². The monoisotopic (exact) mass is 457 g/mol. The molecule has 148 valence electrons. The lowest BCUT2D eigenvalue weighted by atomic mass is 10.1. The number of carbonyl (C=O) groups is 1. The summed E-state index contributed by atoms with van der Waals surface area (Å²) < 4.78 is 5.68. The molecule has 0 radical (unpaired) electrons. The van der Waals surface area contributed by atoms with Crippen LogP contribution in [0, 0.1) is 10.1 Å². The lowest BCUT2D eigenvalue weighted by Gasteiger charge is -2.21. The van der Waals surface area contributed by atoms with Gasteiger partial charge in [-0.2, -0.15) is 0 Å². The van der Waals surface area contributed by atoms with Gasteiger partial charge in [-0.3, -0.25) is 10.1 Å². The van der Waals surface area contributed by atoms with Crippen molar-refractivity contribution in [3.63, 3.8) is 0 Å². The van der Waals surface area contributed by atoms with Crippen LogP contribution in [-0.4, -0.2) is 35.0 Å². The Morgan fingerprint density at radius 3 is 2.52 bits per heavy atom. The minimum atomic E-state index is -0.562. The summed E-state index contributed by atoms with van der Waals surface area (Å²) in [5, 5.41) is 14.8. The van der Waals surface area contributed by atoms with Crippen molar-refractivity contribution in [1.82, 2.24) is 9.97 Å². The van der Waals surface area contributed by atoms with Crippen molar-refractivity contribution in [1.29, 1.82) is 0 Å². The lowest BCUT2D eigenvalue weighted by Crippen LogP contribution is -2.18. The van der Waals surface area contributed by atoms with Gasteiger partial charge in [-0.15, -0.1) is 0 Å². The number of anilines is 4. The van der Waals surface area contributed by atoms with E-state index in [1.807, 2.05) is 0 Å². The van der Waals surface area contributed by atoms with Crippen LogP contribution in [0.3, 0.4) is 0 Å². The first-order chi connectivity index (χ1) is 13.9. The van der Waals surface area contributed by atoms with Gasteiger partial charge in [-0.25, -0.2) is 14.8 Å². The number of ether oxygens (including phenoxy) is 1. The lowest BCUT2D eigenvalue weighted by molar-refractivity contribution is -0.383. The molecule has 0 aliphatic heterocycles. The normalized spacial score (nSPS) is 10.3. The maximum absolute atomic E-state index is 12.1. The van der Waals surface area contributed by atoms with E-state index in [0.717, 1.165) is 4.47 Å². The third-order valence-electron chi connectivity index (χ3n) is 4.08. The van der Waals surface area contributed by atoms with Crippen molar-refractivity contribution in [3.8, 4) is 0 Å². The Morgan fingerprint density at radius 2 is 1.86 bits per heavy atom. The number of rotatable bonds is 6. The van der Waals surface area contributed by atoms with Gasteiger partial charge in [0.2, 0.25) is 11.6 Å². The molecule has 0 bridgehead atoms. The fourth-order valence-corrected chi connectivity index (χ4v) is 2.97. The van der Waals surface area contributed by atoms with Gasteiger partial charge >= 0.3 is 11.7 Å². The topological polar surface area (TPSA) is 110 Å². The molecular weight excluding hydrogens is 442 g/mol. The second-order valence-corrected chi connectivity index (χ2v) is 6.77. The molecule has 3 aromatic rings. The van der Waals surface area contributed by atoms with Crippen molar-refractivity contribution in [2.75, 3.05) is 24.4 Å². The predicted octanol–water partition coefficient (Wildman–Crippen LogP) is 4.45. The van der Waals surface area contributed by atoms with Gasteiger partial charge in [0.15, 0.2) is 0 Å². The SMILES string of the molecule is COC(=O)c1ccccc1N(C)c1ncnc(Nc2ccc(Br)cc2)c1[N+](=O)[O-]. The van der Waals surface area contributed by atoms with E-state index >= 15 is 0 Å². The average molecular weight is 458 g/mol. The van der Waals surface area contributed by atoms with Gasteiger partial charge in [0.05, 0.1) is 23.3 Å². The van der Waals surface area contributed by atoms with Crippen LogP contribution in [0.5, 0.6) is 0 Å². The summed E-state index contributed by atoms with van der Waals surface area (Å²) in [4.78, 5) is 33.0. The Kier molecular flexibility index (Phi) is 6.03. The second kappa shape index (κ2) is 8.65. The zero-order chi connectivity index (χ0) is 21.0. The van der Waals surface area contributed by atoms with Gasteiger partial charge in [0.25, 0.3) is 0 Å². The highest BCUT2D eigenvalue weighted by molar-refractivity contribution is 9.10. The van der Waals surface area contributed by atoms with Crippen LogP contribution in [0.15, 0.2) is 59.3 Å². The minimum absolute atomic E-state index is 0.0287. The summed E-state index contributed by atoms with van der Waals surface area (Å²) in [6.07, 6.45) is 1.22. The third-order valence-corrected chi connectivity index (χ3v) is 4.61. The maximum Gasteiger partial charge on any atom is 0.354 e. The summed E-state index contributed by atoms with van der Waals surface area (Å²) in [5.41, 5.74) is 0.972. The van der Waals surface area contributed by atoms with Crippen molar-refractivity contribution >= 4 is 50.6 Å². The first kappa shape index (κ1) is 20.2. The summed E-state index contributed by atoms with van der Waals surface area (Å²) in [6, 6.07) is 13.7. The number of benzene rings is 2. The van der Waals surface area contributed by atoms with Crippen LogP contribution in [0.2, 0.25) is 0 Å². The molecule has 0 saturated carbocycles. The zero-order valence-corrected chi connectivity index (χ0v) is 17.1. The molecule has 0 aliphatic rings. The summed E-state index contributed by atoms with van der Waals surface area (Å²) in [6.45, 7) is 0. The smallest absolute Gasteiger partial charge is 0.354 e. The fourth-order valence-electron chi connectivity index (χ4n) is 2.71. The van der Waals surface area contributed by atoms with E-state index in [1.165, 1.54) is 18.3 Å². The Hall–Kier alpha value is -3.53. The Morgan fingerprint density at radius 1 is 1.17 bits per heavy atom. The molecule has 0 amide bonds. The number of halogens is 1. The summed E-state index contributed by atoms with van der Waals surface area (Å²) in [5.74, 6) is -0.497. The number of para-hydroxylation sites is 1. The van der Waals surface area contributed by atoms with Crippen molar-refractivity contribution in [2.24, 2.45) is 0 Å². The number of aromatic nitrogens is 2. The largest absolute Gasteiger partial charge is 0.465 e. The number of esters is 1. The standard InChI is InChI=1S/C19H16BrN5O4/c1-24(15-6-4-3-5-14(15)19(26)29-2)18-16(25(27)28)17(21-11-22-18)23-13-9-7-12(20)8-10-13/h3-11H,1-2H3,(H,21,22,23). The molecule has 29 heavy (non-hydrogen) atoms. The van der Waals surface area contributed by atoms with E-state index < -0.39 is 10.9 Å². The van der Waals surface area contributed by atoms with Gasteiger partial charge in [-0.1, -0.05) is 28.1 Å². The molecule has 2 aromatic carbocycles. The van der Waals surface area contributed by atoms with E-state index in [2.05, 4.69) is 31.2 Å². The summed E-state index contributed by atoms with van der Waals surface area (Å²) >= 11 is 3.34. The number of carbonyl (C=O) groups excluding carboxylic acids is 1. The molecule has 3 rings (SSSR count). The molecular formula is C19H16BrN5O4. The van der Waals surface area contributed by atoms with Crippen LogP contribution in [0.1, 0.15) is 10.4 Å². The minimum Gasteiger partial charge on any atom is -0.465 e. The number of nitrogens with zero attached hydrogens (tertiary/aromatic N) is 4. The van der Waals surface area contributed by atoms with Crippen molar-refractivity contribution in [2.45, 2.75) is 0 Å². The third kappa shape index (κ3) is 4.32. The highest BCUT2D eigenvalue weighted by Gasteiger charge is 2.28. The number of nitrogens with one attached hydrogen (secondary N) is 1. The molecule has 0 spiro atoms. The molecule has 9 nitrogen and oxygen atoms in total. The van der Waals surface area contributed by atoms with E-state index in [0.29, 0.717) is 11.4 Å². The molecule has 0 unspecified atom stereocenters. The van der Waals surface area contributed by atoms with Crippen LogP contribution in [0.25, 0.3) is 0 Å². The number of nitro groups is 1. The van der Waals surface area contributed by atoms with Gasteiger partial charge in [-0.05, 0) is 36.4 Å². The Bertz CT molecular complexity index is 1060. The molecule has 1 N–H and O–H groups in total. The van der Waals surface area contributed by atoms with Crippen LogP contribution in [0.4, 0.5) is 28.7 Å². The number of methoxy groups -OCH3 is 1. The zero-order valence-electron chi connectivity index (χ0n) is 15.5. The highest BCUT2D eigenvalue weighted by atomic mass is 79.9. The highest BCUT2D eigenvalue weighted by Crippen LogP contribution is 2.37.